The second-order valence-corrected chi connectivity index (χ2v) is 4.77. The molecule has 10 heteroatoms. The molecule has 0 saturated heterocycles. The van der Waals surface area contributed by atoms with Gasteiger partial charge in [0.25, 0.3) is 0 Å². The van der Waals surface area contributed by atoms with Crippen LogP contribution in [0.4, 0.5) is 32.2 Å². The molecule has 0 aliphatic rings. The minimum Gasteiger partial charge on any atom is -0.368 e. The summed E-state index contributed by atoms with van der Waals surface area (Å²) in [4.78, 5) is 3.83. The summed E-state index contributed by atoms with van der Waals surface area (Å²) in [5.74, 6) is -3.50. The molecule has 2 aromatic heterocycles. The number of aromatic nitrogens is 3. The third kappa shape index (κ3) is 4.86. The van der Waals surface area contributed by atoms with Crippen molar-refractivity contribution in [3.8, 4) is 0 Å². The molecule has 0 aromatic carbocycles. The fraction of sp³-hybridized carbons (Fsp3) is 0.385. The first-order chi connectivity index (χ1) is 10.7. The SMILES string of the molecule is FC(F)(F)C(CNc1ccn(Cc2ccncc2)n1)C(F)(F)F. The van der Waals surface area contributed by atoms with E-state index in [1.165, 1.54) is 16.9 Å². The number of alkyl halides is 6. The van der Waals surface area contributed by atoms with Crippen molar-refractivity contribution < 1.29 is 26.3 Å². The van der Waals surface area contributed by atoms with E-state index in [9.17, 15) is 26.3 Å². The van der Waals surface area contributed by atoms with Crippen molar-refractivity contribution in [2.24, 2.45) is 5.92 Å². The minimum atomic E-state index is -5.37. The fourth-order valence-electron chi connectivity index (χ4n) is 1.84. The highest BCUT2D eigenvalue weighted by atomic mass is 19.4. The van der Waals surface area contributed by atoms with Gasteiger partial charge < -0.3 is 5.32 Å². The van der Waals surface area contributed by atoms with E-state index in [1.807, 2.05) is 0 Å². The van der Waals surface area contributed by atoms with Crippen LogP contribution in [0.2, 0.25) is 0 Å². The van der Waals surface area contributed by atoms with Crippen molar-refractivity contribution in [3.63, 3.8) is 0 Å². The fourth-order valence-corrected chi connectivity index (χ4v) is 1.84. The molecule has 0 amide bonds. The Morgan fingerprint density at radius 3 is 2.17 bits per heavy atom. The van der Waals surface area contributed by atoms with Gasteiger partial charge in [0.05, 0.1) is 6.54 Å². The number of rotatable bonds is 5. The average Bonchev–Trinajstić information content (AvgIpc) is 2.84. The van der Waals surface area contributed by atoms with Gasteiger partial charge >= 0.3 is 12.4 Å². The molecule has 0 aliphatic carbocycles. The third-order valence-corrected chi connectivity index (χ3v) is 3.01. The Morgan fingerprint density at radius 2 is 1.61 bits per heavy atom. The van der Waals surface area contributed by atoms with E-state index in [0.29, 0.717) is 6.54 Å². The predicted molar refractivity (Wildman–Crippen MR) is 69.7 cm³/mol. The predicted octanol–water partition coefficient (Wildman–Crippen LogP) is 3.48. The van der Waals surface area contributed by atoms with Crippen molar-refractivity contribution in [2.45, 2.75) is 18.9 Å². The van der Waals surface area contributed by atoms with Gasteiger partial charge in [-0.2, -0.15) is 31.4 Å². The van der Waals surface area contributed by atoms with E-state index in [1.54, 1.807) is 24.5 Å². The van der Waals surface area contributed by atoms with Crippen molar-refractivity contribution in [3.05, 3.63) is 42.4 Å². The molecule has 2 aromatic rings. The molecule has 23 heavy (non-hydrogen) atoms. The lowest BCUT2D eigenvalue weighted by atomic mass is 10.1. The molecular weight excluding hydrogens is 326 g/mol. The first-order valence-electron chi connectivity index (χ1n) is 6.46. The van der Waals surface area contributed by atoms with Crippen LogP contribution >= 0.6 is 0 Å². The summed E-state index contributed by atoms with van der Waals surface area (Å²) >= 11 is 0. The molecule has 2 rings (SSSR count). The zero-order valence-corrected chi connectivity index (χ0v) is 11.6. The number of halogens is 6. The molecule has 1 N–H and O–H groups in total. The van der Waals surface area contributed by atoms with E-state index >= 15 is 0 Å². The zero-order valence-electron chi connectivity index (χ0n) is 11.6. The van der Waals surface area contributed by atoms with Crippen LogP contribution in [0.5, 0.6) is 0 Å². The maximum absolute atomic E-state index is 12.4. The first kappa shape index (κ1) is 17.1. The lowest BCUT2D eigenvalue weighted by molar-refractivity contribution is -0.279. The molecule has 0 saturated carbocycles. The largest absolute Gasteiger partial charge is 0.402 e. The van der Waals surface area contributed by atoms with Crippen LogP contribution in [0.25, 0.3) is 0 Å². The second-order valence-electron chi connectivity index (χ2n) is 4.77. The van der Waals surface area contributed by atoms with Crippen molar-refractivity contribution in [2.75, 3.05) is 11.9 Å². The van der Waals surface area contributed by atoms with Crippen molar-refractivity contribution in [1.29, 1.82) is 0 Å². The summed E-state index contributed by atoms with van der Waals surface area (Å²) in [5.41, 5.74) is 0.845. The Morgan fingerprint density at radius 1 is 1.00 bits per heavy atom. The van der Waals surface area contributed by atoms with Crippen LogP contribution in [0.15, 0.2) is 36.8 Å². The Balaban J connectivity index is 1.99. The molecule has 0 unspecified atom stereocenters. The lowest BCUT2D eigenvalue weighted by Gasteiger charge is -2.22. The minimum absolute atomic E-state index is 0.0578. The number of pyridine rings is 1. The van der Waals surface area contributed by atoms with Crippen LogP contribution in [0, 0.1) is 5.92 Å². The highest BCUT2D eigenvalue weighted by Gasteiger charge is 2.56. The molecule has 0 atom stereocenters. The summed E-state index contributed by atoms with van der Waals surface area (Å²) in [6.45, 7) is -0.995. The molecule has 0 radical (unpaired) electrons. The van der Waals surface area contributed by atoms with Crippen LogP contribution in [0.3, 0.4) is 0 Å². The number of hydrogen-bond acceptors (Lipinski definition) is 3. The topological polar surface area (TPSA) is 42.7 Å². The summed E-state index contributed by atoms with van der Waals surface area (Å²) in [6, 6.07) is 4.75. The van der Waals surface area contributed by atoms with Crippen LogP contribution in [-0.2, 0) is 6.54 Å². The van der Waals surface area contributed by atoms with Crippen molar-refractivity contribution in [1.82, 2.24) is 14.8 Å². The first-order valence-corrected chi connectivity index (χ1v) is 6.46. The molecule has 0 fully saturated rings. The number of hydrogen-bond donors (Lipinski definition) is 1. The van der Waals surface area contributed by atoms with E-state index in [4.69, 9.17) is 0 Å². The Labute approximate surface area is 127 Å². The van der Waals surface area contributed by atoms with Gasteiger partial charge in [0.2, 0.25) is 0 Å². The Bertz CT molecular complexity index is 605. The zero-order chi connectivity index (χ0) is 17.1. The van der Waals surface area contributed by atoms with Crippen LogP contribution in [-0.4, -0.2) is 33.7 Å². The number of nitrogens with zero attached hydrogens (tertiary/aromatic N) is 3. The molecule has 2 heterocycles. The van der Waals surface area contributed by atoms with E-state index in [2.05, 4.69) is 15.4 Å². The van der Waals surface area contributed by atoms with Gasteiger partial charge in [-0.25, -0.2) is 0 Å². The molecule has 126 valence electrons. The van der Waals surface area contributed by atoms with Gasteiger partial charge in [-0.15, -0.1) is 0 Å². The summed E-state index contributed by atoms with van der Waals surface area (Å²) < 4.78 is 75.9. The quantitative estimate of drug-likeness (QED) is 0.849. The molecule has 0 bridgehead atoms. The smallest absolute Gasteiger partial charge is 0.368 e. The third-order valence-electron chi connectivity index (χ3n) is 3.01. The second kappa shape index (κ2) is 6.47. The summed E-state index contributed by atoms with van der Waals surface area (Å²) in [7, 11) is 0. The molecular formula is C13H12F6N4. The van der Waals surface area contributed by atoms with E-state index in [-0.39, 0.29) is 5.82 Å². The Kier molecular flexibility index (Phi) is 4.81. The van der Waals surface area contributed by atoms with E-state index in [0.717, 1.165) is 5.56 Å². The van der Waals surface area contributed by atoms with Gasteiger partial charge in [0.1, 0.15) is 5.82 Å². The highest BCUT2D eigenvalue weighted by Crippen LogP contribution is 2.39. The van der Waals surface area contributed by atoms with Gasteiger partial charge in [-0.05, 0) is 17.7 Å². The number of anilines is 1. The molecule has 4 nitrogen and oxygen atoms in total. The van der Waals surface area contributed by atoms with Crippen LogP contribution < -0.4 is 5.32 Å². The monoisotopic (exact) mass is 338 g/mol. The van der Waals surface area contributed by atoms with Gasteiger partial charge in [-0.3, -0.25) is 9.67 Å². The molecule has 0 spiro atoms. The summed E-state index contributed by atoms with van der Waals surface area (Å²) in [5, 5.41) is 5.97. The Hall–Kier alpha value is -2.26. The van der Waals surface area contributed by atoms with Gasteiger partial charge in [-0.1, -0.05) is 0 Å². The lowest BCUT2D eigenvalue weighted by Crippen LogP contribution is -2.41. The van der Waals surface area contributed by atoms with Crippen LogP contribution in [0.1, 0.15) is 5.56 Å². The maximum Gasteiger partial charge on any atom is 0.402 e. The highest BCUT2D eigenvalue weighted by molar-refractivity contribution is 5.32. The van der Waals surface area contributed by atoms with Gasteiger partial charge in [0, 0.05) is 31.2 Å². The molecule has 0 aliphatic heterocycles. The average molecular weight is 338 g/mol. The van der Waals surface area contributed by atoms with E-state index < -0.39 is 24.8 Å². The maximum atomic E-state index is 12.4. The number of nitrogens with one attached hydrogen (secondary N) is 1. The van der Waals surface area contributed by atoms with Gasteiger partial charge in [0.15, 0.2) is 5.92 Å². The normalized spacial score (nSPS) is 12.7. The summed E-state index contributed by atoms with van der Waals surface area (Å²) in [6.07, 6.45) is -6.15. The van der Waals surface area contributed by atoms with Crippen molar-refractivity contribution >= 4 is 5.82 Å². The standard InChI is InChI=1S/C13H12F6N4/c14-12(15,16)10(13(17,18)19)7-21-11-3-6-23(22-11)8-9-1-4-20-5-2-9/h1-6,10H,7-8H2,(H,21,22).